The van der Waals surface area contributed by atoms with Crippen LogP contribution in [-0.2, 0) is 12.8 Å². The molecule has 0 bridgehead atoms. The normalized spacial score (nSPS) is 13.8. The first-order chi connectivity index (χ1) is 11.2. The number of hydrogen-bond donors (Lipinski definition) is 1. The van der Waals surface area contributed by atoms with Crippen molar-refractivity contribution in [1.82, 2.24) is 9.97 Å². The third kappa shape index (κ3) is 2.61. The van der Waals surface area contributed by atoms with Crippen LogP contribution in [0.25, 0.3) is 10.9 Å². The number of nitrogens with zero attached hydrogens (tertiary/aromatic N) is 2. The third-order valence-corrected chi connectivity index (χ3v) is 4.99. The second kappa shape index (κ2) is 5.74. The molecule has 0 saturated carbocycles. The molecule has 0 saturated heterocycles. The molecular formula is C18H17N3OS. The minimum Gasteiger partial charge on any atom is -0.298 e. The van der Waals surface area contributed by atoms with Crippen molar-refractivity contribution in [3.05, 3.63) is 52.2 Å². The van der Waals surface area contributed by atoms with Crippen molar-refractivity contribution in [3.63, 3.8) is 0 Å². The molecule has 116 valence electrons. The zero-order valence-corrected chi connectivity index (χ0v) is 13.7. The lowest BCUT2D eigenvalue weighted by Gasteiger charge is -2.20. The molecule has 2 aromatic heterocycles. The van der Waals surface area contributed by atoms with E-state index in [2.05, 4.69) is 16.4 Å². The molecule has 23 heavy (non-hydrogen) atoms. The lowest BCUT2D eigenvalue weighted by molar-refractivity contribution is 0.102. The van der Waals surface area contributed by atoms with E-state index in [4.69, 9.17) is 4.98 Å². The first kappa shape index (κ1) is 14.3. The van der Waals surface area contributed by atoms with Crippen molar-refractivity contribution >= 4 is 33.3 Å². The highest BCUT2D eigenvalue weighted by Gasteiger charge is 2.23. The largest absolute Gasteiger partial charge is 0.298 e. The predicted molar refractivity (Wildman–Crippen MR) is 93.2 cm³/mol. The number of aromatic nitrogens is 2. The molecule has 4 rings (SSSR count). The van der Waals surface area contributed by atoms with Gasteiger partial charge in [0.05, 0.1) is 11.1 Å². The molecule has 1 aliphatic rings. The number of nitrogens with one attached hydrogen (secondary N) is 1. The van der Waals surface area contributed by atoms with Crippen LogP contribution in [0, 0.1) is 6.92 Å². The van der Waals surface area contributed by atoms with Crippen molar-refractivity contribution in [2.24, 2.45) is 0 Å². The van der Waals surface area contributed by atoms with E-state index in [1.54, 1.807) is 6.20 Å². The summed E-state index contributed by atoms with van der Waals surface area (Å²) < 4.78 is 0. The number of anilines is 1. The van der Waals surface area contributed by atoms with E-state index in [9.17, 15) is 4.79 Å². The maximum absolute atomic E-state index is 12.9. The Morgan fingerprint density at radius 2 is 2.13 bits per heavy atom. The monoisotopic (exact) mass is 323 g/mol. The molecule has 0 aliphatic heterocycles. The molecule has 2 heterocycles. The molecule has 0 atom stereocenters. The van der Waals surface area contributed by atoms with Crippen LogP contribution >= 0.6 is 11.3 Å². The SMILES string of the molecule is Cc1ccc2nc3c(c(C(=O)Nc4nccs4)c2c1)CCCC3. The summed E-state index contributed by atoms with van der Waals surface area (Å²) in [5.74, 6) is -0.0731. The number of benzene rings is 1. The Hall–Kier alpha value is -2.27. The van der Waals surface area contributed by atoms with E-state index >= 15 is 0 Å². The van der Waals surface area contributed by atoms with Gasteiger partial charge in [-0.25, -0.2) is 4.98 Å². The number of pyridine rings is 1. The fraction of sp³-hybridized carbons (Fsp3) is 0.278. The average molecular weight is 323 g/mol. The number of hydrogen-bond acceptors (Lipinski definition) is 4. The molecule has 1 aromatic carbocycles. The Morgan fingerprint density at radius 3 is 2.96 bits per heavy atom. The Balaban J connectivity index is 1.91. The van der Waals surface area contributed by atoms with Crippen LogP contribution in [0.15, 0.2) is 29.8 Å². The summed E-state index contributed by atoms with van der Waals surface area (Å²) in [5.41, 5.74) is 5.02. The van der Waals surface area contributed by atoms with Crippen LogP contribution in [0.1, 0.15) is 40.0 Å². The van der Waals surface area contributed by atoms with Crippen LogP contribution < -0.4 is 5.32 Å². The zero-order chi connectivity index (χ0) is 15.8. The van der Waals surface area contributed by atoms with Crippen LogP contribution in [-0.4, -0.2) is 15.9 Å². The second-order valence-electron chi connectivity index (χ2n) is 5.93. The average Bonchev–Trinajstić information content (AvgIpc) is 3.05. The Bertz CT molecular complexity index is 887. The summed E-state index contributed by atoms with van der Waals surface area (Å²) >= 11 is 1.43. The van der Waals surface area contributed by atoms with Crippen LogP contribution in [0.5, 0.6) is 0 Å². The van der Waals surface area contributed by atoms with Gasteiger partial charge in [0, 0.05) is 22.7 Å². The summed E-state index contributed by atoms with van der Waals surface area (Å²) in [7, 11) is 0. The maximum Gasteiger partial charge on any atom is 0.258 e. The lowest BCUT2D eigenvalue weighted by atomic mass is 9.89. The van der Waals surface area contributed by atoms with E-state index in [0.29, 0.717) is 5.13 Å². The van der Waals surface area contributed by atoms with Gasteiger partial charge in [0.15, 0.2) is 5.13 Å². The summed E-state index contributed by atoms with van der Waals surface area (Å²) in [6, 6.07) is 6.13. The first-order valence-electron chi connectivity index (χ1n) is 7.85. The van der Waals surface area contributed by atoms with E-state index in [-0.39, 0.29) is 5.91 Å². The van der Waals surface area contributed by atoms with Gasteiger partial charge in [-0.3, -0.25) is 15.1 Å². The molecular weight excluding hydrogens is 306 g/mol. The fourth-order valence-electron chi connectivity index (χ4n) is 3.24. The van der Waals surface area contributed by atoms with Crippen LogP contribution in [0.4, 0.5) is 5.13 Å². The maximum atomic E-state index is 12.9. The van der Waals surface area contributed by atoms with Crippen molar-refractivity contribution in [2.45, 2.75) is 32.6 Å². The number of thiazole rings is 1. The Morgan fingerprint density at radius 1 is 1.26 bits per heavy atom. The van der Waals surface area contributed by atoms with E-state index in [1.165, 1.54) is 11.3 Å². The predicted octanol–water partition coefficient (Wildman–Crippen LogP) is 4.13. The summed E-state index contributed by atoms with van der Waals surface area (Å²) in [5, 5.41) is 6.38. The number of amides is 1. The second-order valence-corrected chi connectivity index (χ2v) is 6.83. The fourth-order valence-corrected chi connectivity index (χ4v) is 3.77. The molecule has 0 radical (unpaired) electrons. The van der Waals surface area contributed by atoms with Gasteiger partial charge >= 0.3 is 0 Å². The van der Waals surface area contributed by atoms with Crippen LogP contribution in [0.3, 0.4) is 0 Å². The van der Waals surface area contributed by atoms with Gasteiger partial charge in [0.1, 0.15) is 0 Å². The minimum absolute atomic E-state index is 0.0731. The summed E-state index contributed by atoms with van der Waals surface area (Å²) in [6.07, 6.45) is 5.84. The smallest absolute Gasteiger partial charge is 0.258 e. The molecule has 3 aromatic rings. The summed E-state index contributed by atoms with van der Waals surface area (Å²) in [6.45, 7) is 2.04. The highest BCUT2D eigenvalue weighted by molar-refractivity contribution is 7.13. The van der Waals surface area contributed by atoms with Gasteiger partial charge < -0.3 is 0 Å². The quantitative estimate of drug-likeness (QED) is 0.771. The highest BCUT2D eigenvalue weighted by atomic mass is 32.1. The minimum atomic E-state index is -0.0731. The van der Waals surface area contributed by atoms with Crippen molar-refractivity contribution in [3.8, 4) is 0 Å². The number of carbonyl (C=O) groups excluding carboxylic acids is 1. The van der Waals surface area contributed by atoms with Gasteiger partial charge in [0.25, 0.3) is 5.91 Å². The Labute approximate surface area is 138 Å². The van der Waals surface area contributed by atoms with Gasteiger partial charge in [-0.15, -0.1) is 11.3 Å². The number of aryl methyl sites for hydroxylation is 2. The third-order valence-electron chi connectivity index (χ3n) is 4.30. The molecule has 5 heteroatoms. The molecule has 0 spiro atoms. The zero-order valence-electron chi connectivity index (χ0n) is 12.9. The van der Waals surface area contributed by atoms with Crippen molar-refractivity contribution in [2.75, 3.05) is 5.32 Å². The van der Waals surface area contributed by atoms with Gasteiger partial charge in [-0.1, -0.05) is 11.6 Å². The number of fused-ring (bicyclic) bond motifs is 2. The molecule has 0 fully saturated rings. The molecule has 1 amide bonds. The number of carbonyl (C=O) groups is 1. The van der Waals surface area contributed by atoms with Gasteiger partial charge in [-0.05, 0) is 50.3 Å². The van der Waals surface area contributed by atoms with Gasteiger partial charge in [0.2, 0.25) is 0 Å². The van der Waals surface area contributed by atoms with E-state index in [1.807, 2.05) is 24.4 Å². The van der Waals surface area contributed by atoms with Gasteiger partial charge in [-0.2, -0.15) is 0 Å². The first-order valence-corrected chi connectivity index (χ1v) is 8.73. The molecule has 1 aliphatic carbocycles. The number of rotatable bonds is 2. The topological polar surface area (TPSA) is 54.9 Å². The Kier molecular flexibility index (Phi) is 3.58. The van der Waals surface area contributed by atoms with E-state index in [0.717, 1.165) is 59.0 Å². The lowest BCUT2D eigenvalue weighted by Crippen LogP contribution is -2.19. The van der Waals surface area contributed by atoms with Crippen molar-refractivity contribution in [1.29, 1.82) is 0 Å². The highest BCUT2D eigenvalue weighted by Crippen LogP contribution is 2.30. The molecule has 0 unspecified atom stereocenters. The van der Waals surface area contributed by atoms with E-state index < -0.39 is 0 Å². The molecule has 4 nitrogen and oxygen atoms in total. The molecule has 1 N–H and O–H groups in total. The standard InChI is InChI=1S/C18H17N3OS/c1-11-6-7-15-13(10-11)16(12-4-2-3-5-14(12)20-15)17(22)21-18-19-8-9-23-18/h6-10H,2-5H2,1H3,(H,19,21,22). The summed E-state index contributed by atoms with van der Waals surface area (Å²) in [4.78, 5) is 21.9. The van der Waals surface area contributed by atoms with Crippen molar-refractivity contribution < 1.29 is 4.79 Å². The van der Waals surface area contributed by atoms with Crippen LogP contribution in [0.2, 0.25) is 0 Å².